The maximum absolute atomic E-state index is 12.3. The van der Waals surface area contributed by atoms with Crippen molar-refractivity contribution in [3.8, 4) is 0 Å². The molecule has 4 nitrogen and oxygen atoms in total. The van der Waals surface area contributed by atoms with Crippen LogP contribution in [0.2, 0.25) is 10.0 Å². The van der Waals surface area contributed by atoms with Gasteiger partial charge in [-0.3, -0.25) is 4.98 Å². The van der Waals surface area contributed by atoms with Crippen molar-refractivity contribution in [1.82, 2.24) is 4.98 Å². The van der Waals surface area contributed by atoms with Gasteiger partial charge in [-0.2, -0.15) is 0 Å². The van der Waals surface area contributed by atoms with Crippen molar-refractivity contribution < 1.29 is 9.53 Å². The summed E-state index contributed by atoms with van der Waals surface area (Å²) < 4.78 is 5.13. The van der Waals surface area contributed by atoms with Crippen LogP contribution in [-0.4, -0.2) is 17.6 Å². The molecule has 24 heavy (non-hydrogen) atoms. The predicted octanol–water partition coefficient (Wildman–Crippen LogP) is 5.46. The Morgan fingerprint density at radius 2 is 1.92 bits per heavy atom. The molecule has 0 aliphatic carbocycles. The van der Waals surface area contributed by atoms with Crippen molar-refractivity contribution in [2.75, 3.05) is 11.9 Å². The highest BCUT2D eigenvalue weighted by molar-refractivity contribution is 6.35. The van der Waals surface area contributed by atoms with Gasteiger partial charge in [-0.25, -0.2) is 4.79 Å². The fourth-order valence-corrected chi connectivity index (χ4v) is 2.71. The van der Waals surface area contributed by atoms with E-state index in [0.717, 1.165) is 11.1 Å². The third-order valence-corrected chi connectivity index (χ3v) is 4.01. The Balaban J connectivity index is 2.16. The number of anilines is 2. The third kappa shape index (κ3) is 3.30. The van der Waals surface area contributed by atoms with Crippen molar-refractivity contribution in [1.29, 1.82) is 0 Å². The SMILES string of the molecule is CCOC(=O)c1cnc2c(Cl)cccc2c1Nc1ccc(Cl)cc1. The molecule has 1 N–H and O–H groups in total. The summed E-state index contributed by atoms with van der Waals surface area (Å²) in [6, 6.07) is 12.6. The number of para-hydroxylation sites is 1. The molecule has 0 aliphatic rings. The van der Waals surface area contributed by atoms with Crippen LogP contribution in [0.5, 0.6) is 0 Å². The van der Waals surface area contributed by atoms with Crippen LogP contribution in [-0.2, 0) is 4.74 Å². The van der Waals surface area contributed by atoms with Gasteiger partial charge in [-0.05, 0) is 37.3 Å². The fraction of sp³-hybridized carbons (Fsp3) is 0.111. The van der Waals surface area contributed by atoms with Gasteiger partial charge in [0.2, 0.25) is 0 Å². The largest absolute Gasteiger partial charge is 0.462 e. The number of hydrogen-bond donors (Lipinski definition) is 1. The third-order valence-electron chi connectivity index (χ3n) is 3.46. The van der Waals surface area contributed by atoms with E-state index in [1.165, 1.54) is 6.20 Å². The minimum absolute atomic E-state index is 0.285. The van der Waals surface area contributed by atoms with Gasteiger partial charge in [0.15, 0.2) is 0 Å². The van der Waals surface area contributed by atoms with Gasteiger partial charge in [-0.1, -0.05) is 35.3 Å². The zero-order valence-corrected chi connectivity index (χ0v) is 14.4. The zero-order valence-electron chi connectivity index (χ0n) is 12.8. The quantitative estimate of drug-likeness (QED) is 0.627. The molecule has 0 fully saturated rings. The van der Waals surface area contributed by atoms with E-state index in [0.29, 0.717) is 26.8 Å². The van der Waals surface area contributed by atoms with Gasteiger partial charge < -0.3 is 10.1 Å². The maximum Gasteiger partial charge on any atom is 0.341 e. The Morgan fingerprint density at radius 3 is 2.62 bits per heavy atom. The Kier molecular flexibility index (Phi) is 4.88. The number of esters is 1. The van der Waals surface area contributed by atoms with Crippen LogP contribution in [0.1, 0.15) is 17.3 Å². The van der Waals surface area contributed by atoms with Gasteiger partial charge in [0.25, 0.3) is 0 Å². The molecule has 1 heterocycles. The number of nitrogens with one attached hydrogen (secondary N) is 1. The number of rotatable bonds is 4. The van der Waals surface area contributed by atoms with E-state index in [9.17, 15) is 4.79 Å². The van der Waals surface area contributed by atoms with Gasteiger partial charge in [0.1, 0.15) is 5.56 Å². The topological polar surface area (TPSA) is 51.2 Å². The second-order valence-electron chi connectivity index (χ2n) is 5.04. The van der Waals surface area contributed by atoms with Crippen molar-refractivity contribution >= 4 is 51.4 Å². The summed E-state index contributed by atoms with van der Waals surface area (Å²) >= 11 is 12.1. The van der Waals surface area contributed by atoms with E-state index in [4.69, 9.17) is 27.9 Å². The molecule has 0 saturated carbocycles. The second-order valence-corrected chi connectivity index (χ2v) is 5.88. The highest BCUT2D eigenvalue weighted by Gasteiger charge is 2.18. The molecular weight excluding hydrogens is 347 g/mol. The first-order chi connectivity index (χ1) is 11.6. The van der Waals surface area contributed by atoms with E-state index in [1.54, 1.807) is 25.1 Å². The summed E-state index contributed by atoms with van der Waals surface area (Å²) in [4.78, 5) is 16.6. The first-order valence-electron chi connectivity index (χ1n) is 7.37. The number of hydrogen-bond acceptors (Lipinski definition) is 4. The molecule has 122 valence electrons. The normalized spacial score (nSPS) is 10.6. The number of benzene rings is 2. The summed E-state index contributed by atoms with van der Waals surface area (Å²) in [5, 5.41) is 5.14. The Labute approximate surface area is 149 Å². The average molecular weight is 361 g/mol. The molecule has 3 aromatic rings. The molecule has 3 rings (SSSR count). The molecule has 0 radical (unpaired) electrons. The summed E-state index contributed by atoms with van der Waals surface area (Å²) in [6.07, 6.45) is 1.48. The molecule has 0 saturated heterocycles. The Bertz CT molecular complexity index is 895. The van der Waals surface area contributed by atoms with E-state index in [1.807, 2.05) is 24.3 Å². The first kappa shape index (κ1) is 16.6. The number of aromatic nitrogens is 1. The molecular formula is C18H14Cl2N2O2. The highest BCUT2D eigenvalue weighted by atomic mass is 35.5. The van der Waals surface area contributed by atoms with Crippen LogP contribution < -0.4 is 5.32 Å². The van der Waals surface area contributed by atoms with Crippen molar-refractivity contribution in [2.24, 2.45) is 0 Å². The van der Waals surface area contributed by atoms with Crippen molar-refractivity contribution in [3.05, 3.63) is 64.3 Å². The lowest BCUT2D eigenvalue weighted by molar-refractivity contribution is 0.0527. The standard InChI is InChI=1S/C18H14Cl2N2O2/c1-2-24-18(23)14-10-21-17-13(4-3-5-15(17)20)16(14)22-12-8-6-11(19)7-9-12/h3-10H,2H2,1H3,(H,21,22). The number of nitrogens with zero attached hydrogens (tertiary/aromatic N) is 1. The number of pyridine rings is 1. The van der Waals surface area contributed by atoms with Crippen LogP contribution in [0, 0.1) is 0 Å². The van der Waals surface area contributed by atoms with Crippen molar-refractivity contribution in [2.45, 2.75) is 6.92 Å². The molecule has 0 unspecified atom stereocenters. The van der Waals surface area contributed by atoms with E-state index in [2.05, 4.69) is 10.3 Å². The highest BCUT2D eigenvalue weighted by Crippen LogP contribution is 2.33. The van der Waals surface area contributed by atoms with Crippen LogP contribution in [0.3, 0.4) is 0 Å². The van der Waals surface area contributed by atoms with Crippen LogP contribution >= 0.6 is 23.2 Å². The molecule has 0 atom stereocenters. The number of carbonyl (C=O) groups excluding carboxylic acids is 1. The Hall–Kier alpha value is -2.30. The molecule has 2 aromatic carbocycles. The van der Waals surface area contributed by atoms with Gasteiger partial charge in [-0.15, -0.1) is 0 Å². The summed E-state index contributed by atoms with van der Waals surface area (Å²) in [7, 11) is 0. The van der Waals surface area contributed by atoms with Crippen LogP contribution in [0.15, 0.2) is 48.7 Å². The summed E-state index contributed by atoms with van der Waals surface area (Å²) in [6.45, 7) is 2.04. The van der Waals surface area contributed by atoms with E-state index in [-0.39, 0.29) is 6.61 Å². The minimum Gasteiger partial charge on any atom is -0.462 e. The second kappa shape index (κ2) is 7.07. The van der Waals surface area contributed by atoms with Crippen LogP contribution in [0.4, 0.5) is 11.4 Å². The molecule has 0 amide bonds. The average Bonchev–Trinajstić information content (AvgIpc) is 2.58. The van der Waals surface area contributed by atoms with Gasteiger partial charge >= 0.3 is 5.97 Å². The predicted molar refractivity (Wildman–Crippen MR) is 97.4 cm³/mol. The van der Waals surface area contributed by atoms with Crippen LogP contribution in [0.25, 0.3) is 10.9 Å². The molecule has 1 aromatic heterocycles. The number of ether oxygens (including phenoxy) is 1. The molecule has 6 heteroatoms. The van der Waals surface area contributed by atoms with Crippen molar-refractivity contribution in [3.63, 3.8) is 0 Å². The molecule has 0 aliphatic heterocycles. The van der Waals surface area contributed by atoms with Gasteiger partial charge in [0.05, 0.1) is 22.8 Å². The lowest BCUT2D eigenvalue weighted by Crippen LogP contribution is -2.09. The summed E-state index contributed by atoms with van der Waals surface area (Å²) in [5.74, 6) is -0.441. The first-order valence-corrected chi connectivity index (χ1v) is 8.12. The van der Waals surface area contributed by atoms with E-state index >= 15 is 0 Å². The lowest BCUT2D eigenvalue weighted by atomic mass is 10.1. The monoisotopic (exact) mass is 360 g/mol. The smallest absolute Gasteiger partial charge is 0.341 e. The lowest BCUT2D eigenvalue weighted by Gasteiger charge is -2.14. The molecule has 0 bridgehead atoms. The fourth-order valence-electron chi connectivity index (χ4n) is 2.36. The minimum atomic E-state index is -0.441. The zero-order chi connectivity index (χ0) is 17.1. The van der Waals surface area contributed by atoms with E-state index < -0.39 is 5.97 Å². The maximum atomic E-state index is 12.3. The molecule has 0 spiro atoms. The number of halogens is 2. The Morgan fingerprint density at radius 1 is 1.17 bits per heavy atom. The van der Waals surface area contributed by atoms with Gasteiger partial charge in [0, 0.05) is 22.3 Å². The number of fused-ring (bicyclic) bond motifs is 1. The summed E-state index contributed by atoms with van der Waals surface area (Å²) in [5.41, 5.74) is 2.35. The number of carbonyl (C=O) groups is 1.